The first kappa shape index (κ1) is 10.7. The van der Waals surface area contributed by atoms with Gasteiger partial charge in [-0.25, -0.2) is 0 Å². The minimum Gasteiger partial charge on any atom is -0.469 e. The third-order valence-corrected chi connectivity index (χ3v) is 2.88. The average molecular weight is 209 g/mol. The van der Waals surface area contributed by atoms with Crippen LogP contribution in [0.3, 0.4) is 0 Å². The van der Waals surface area contributed by atoms with E-state index in [2.05, 4.69) is 0 Å². The van der Waals surface area contributed by atoms with Crippen LogP contribution >= 0.6 is 0 Å². The Balaban J connectivity index is 1.89. The minimum atomic E-state index is 0.0589. The van der Waals surface area contributed by atoms with Crippen LogP contribution in [0.5, 0.6) is 0 Å². The van der Waals surface area contributed by atoms with Gasteiger partial charge in [0.1, 0.15) is 5.76 Å². The fraction of sp³-hybridized carbons (Fsp3) is 0.667. The second-order valence-electron chi connectivity index (χ2n) is 4.20. The molecule has 0 amide bonds. The van der Waals surface area contributed by atoms with Gasteiger partial charge in [0.2, 0.25) is 0 Å². The number of hydrogen-bond acceptors (Lipinski definition) is 3. The molecule has 0 saturated heterocycles. The Labute approximate surface area is 90.6 Å². The topological polar surface area (TPSA) is 48.4 Å². The van der Waals surface area contributed by atoms with Crippen molar-refractivity contribution in [1.82, 2.24) is 0 Å². The van der Waals surface area contributed by atoms with Gasteiger partial charge in [0.15, 0.2) is 0 Å². The Kier molecular flexibility index (Phi) is 3.44. The molecule has 0 radical (unpaired) electrons. The second-order valence-corrected chi connectivity index (χ2v) is 4.20. The van der Waals surface area contributed by atoms with Crippen molar-refractivity contribution < 1.29 is 9.15 Å². The SMILES string of the molecule is CCOC(C(N)Cc1ccco1)C1CC1. The van der Waals surface area contributed by atoms with E-state index in [1.165, 1.54) is 12.8 Å². The fourth-order valence-corrected chi connectivity index (χ4v) is 2.00. The molecule has 1 heterocycles. The maximum atomic E-state index is 6.15. The van der Waals surface area contributed by atoms with E-state index >= 15 is 0 Å². The molecule has 2 rings (SSSR count). The van der Waals surface area contributed by atoms with Crippen molar-refractivity contribution in [2.75, 3.05) is 6.61 Å². The highest BCUT2D eigenvalue weighted by molar-refractivity contribution is 5.02. The smallest absolute Gasteiger partial charge is 0.105 e. The molecule has 3 nitrogen and oxygen atoms in total. The molecule has 2 unspecified atom stereocenters. The molecule has 1 aromatic heterocycles. The maximum Gasteiger partial charge on any atom is 0.105 e. The summed E-state index contributed by atoms with van der Waals surface area (Å²) in [5, 5.41) is 0. The Morgan fingerprint density at radius 1 is 1.60 bits per heavy atom. The monoisotopic (exact) mass is 209 g/mol. The van der Waals surface area contributed by atoms with Crippen LogP contribution in [0.1, 0.15) is 25.5 Å². The van der Waals surface area contributed by atoms with E-state index in [1.54, 1.807) is 6.26 Å². The number of furan rings is 1. The lowest BCUT2D eigenvalue weighted by Gasteiger charge is -2.22. The van der Waals surface area contributed by atoms with Crippen molar-refractivity contribution in [2.45, 2.75) is 38.3 Å². The van der Waals surface area contributed by atoms with E-state index in [-0.39, 0.29) is 12.1 Å². The second kappa shape index (κ2) is 4.81. The van der Waals surface area contributed by atoms with Crippen LogP contribution in [-0.4, -0.2) is 18.8 Å². The van der Waals surface area contributed by atoms with Crippen molar-refractivity contribution in [1.29, 1.82) is 0 Å². The third kappa shape index (κ3) is 2.83. The third-order valence-electron chi connectivity index (χ3n) is 2.88. The quantitative estimate of drug-likeness (QED) is 0.779. The minimum absolute atomic E-state index is 0.0589. The molecule has 15 heavy (non-hydrogen) atoms. The van der Waals surface area contributed by atoms with Gasteiger partial charge in [-0.15, -0.1) is 0 Å². The molecule has 1 saturated carbocycles. The Hall–Kier alpha value is -0.800. The number of hydrogen-bond donors (Lipinski definition) is 1. The average Bonchev–Trinajstić information content (AvgIpc) is 2.93. The molecule has 2 N–H and O–H groups in total. The van der Waals surface area contributed by atoms with E-state index in [0.717, 1.165) is 18.8 Å². The lowest BCUT2D eigenvalue weighted by atomic mass is 10.0. The van der Waals surface area contributed by atoms with Crippen molar-refractivity contribution >= 4 is 0 Å². The van der Waals surface area contributed by atoms with Crippen molar-refractivity contribution in [2.24, 2.45) is 11.7 Å². The molecule has 1 aliphatic carbocycles. The summed E-state index contributed by atoms with van der Waals surface area (Å²) >= 11 is 0. The number of ether oxygens (including phenoxy) is 1. The van der Waals surface area contributed by atoms with E-state index in [1.807, 2.05) is 19.1 Å². The first-order valence-corrected chi connectivity index (χ1v) is 5.70. The predicted octanol–water partition coefficient (Wildman–Crippen LogP) is 1.96. The summed E-state index contributed by atoms with van der Waals surface area (Å²) in [5.41, 5.74) is 6.15. The lowest BCUT2D eigenvalue weighted by Crippen LogP contribution is -2.40. The molecule has 1 aromatic rings. The molecular weight excluding hydrogens is 190 g/mol. The van der Waals surface area contributed by atoms with Crippen molar-refractivity contribution in [3.8, 4) is 0 Å². The molecule has 0 bridgehead atoms. The van der Waals surface area contributed by atoms with E-state index < -0.39 is 0 Å². The van der Waals surface area contributed by atoms with Crippen molar-refractivity contribution in [3.63, 3.8) is 0 Å². The molecule has 2 atom stereocenters. The van der Waals surface area contributed by atoms with Gasteiger partial charge in [0.05, 0.1) is 12.4 Å². The van der Waals surface area contributed by atoms with Crippen LogP contribution in [0.25, 0.3) is 0 Å². The van der Waals surface area contributed by atoms with Crippen LogP contribution in [0, 0.1) is 5.92 Å². The molecule has 84 valence electrons. The highest BCUT2D eigenvalue weighted by Crippen LogP contribution is 2.36. The highest BCUT2D eigenvalue weighted by atomic mass is 16.5. The maximum absolute atomic E-state index is 6.15. The van der Waals surface area contributed by atoms with Gasteiger partial charge < -0.3 is 14.9 Å². The standard InChI is InChI=1S/C12H19NO2/c1-2-14-12(9-5-6-9)11(13)8-10-4-3-7-15-10/h3-4,7,9,11-12H,2,5-6,8,13H2,1H3. The van der Waals surface area contributed by atoms with Gasteiger partial charge in [0, 0.05) is 19.1 Å². The number of nitrogens with two attached hydrogens (primary N) is 1. The van der Waals surface area contributed by atoms with E-state index in [0.29, 0.717) is 5.92 Å². The zero-order valence-electron chi connectivity index (χ0n) is 9.19. The van der Waals surface area contributed by atoms with Crippen LogP contribution in [0.2, 0.25) is 0 Å². The van der Waals surface area contributed by atoms with Gasteiger partial charge in [0.25, 0.3) is 0 Å². The zero-order chi connectivity index (χ0) is 10.7. The molecule has 1 aliphatic rings. The molecule has 3 heteroatoms. The summed E-state index contributed by atoms with van der Waals surface area (Å²) in [6.07, 6.45) is 5.19. The molecule has 0 aromatic carbocycles. The van der Waals surface area contributed by atoms with Crippen LogP contribution in [0.4, 0.5) is 0 Å². The van der Waals surface area contributed by atoms with E-state index in [9.17, 15) is 0 Å². The van der Waals surface area contributed by atoms with Crippen LogP contribution in [0.15, 0.2) is 22.8 Å². The summed E-state index contributed by atoms with van der Waals surface area (Å²) in [6, 6.07) is 3.92. The van der Waals surface area contributed by atoms with Gasteiger partial charge >= 0.3 is 0 Å². The largest absolute Gasteiger partial charge is 0.469 e. The first-order valence-electron chi connectivity index (χ1n) is 5.70. The van der Waals surface area contributed by atoms with E-state index in [4.69, 9.17) is 14.9 Å². The molecule has 0 spiro atoms. The Bertz CT molecular complexity index is 280. The summed E-state index contributed by atoms with van der Waals surface area (Å²) in [7, 11) is 0. The Morgan fingerprint density at radius 2 is 2.40 bits per heavy atom. The summed E-state index contributed by atoms with van der Waals surface area (Å²) in [6.45, 7) is 2.77. The van der Waals surface area contributed by atoms with Gasteiger partial charge in [-0.3, -0.25) is 0 Å². The first-order chi connectivity index (χ1) is 7.31. The lowest BCUT2D eigenvalue weighted by molar-refractivity contribution is 0.0277. The summed E-state index contributed by atoms with van der Waals surface area (Å²) in [5.74, 6) is 1.63. The van der Waals surface area contributed by atoms with Crippen molar-refractivity contribution in [3.05, 3.63) is 24.2 Å². The predicted molar refractivity (Wildman–Crippen MR) is 58.5 cm³/mol. The van der Waals surface area contributed by atoms with Crippen LogP contribution in [-0.2, 0) is 11.2 Å². The number of rotatable bonds is 6. The zero-order valence-corrected chi connectivity index (χ0v) is 9.19. The van der Waals surface area contributed by atoms with Gasteiger partial charge in [-0.1, -0.05) is 0 Å². The summed E-state index contributed by atoms with van der Waals surface area (Å²) < 4.78 is 11.0. The molecular formula is C12H19NO2. The Morgan fingerprint density at radius 3 is 2.93 bits per heavy atom. The summed E-state index contributed by atoms with van der Waals surface area (Å²) in [4.78, 5) is 0. The molecule has 0 aliphatic heterocycles. The van der Waals surface area contributed by atoms with Gasteiger partial charge in [-0.05, 0) is 37.8 Å². The van der Waals surface area contributed by atoms with Crippen LogP contribution < -0.4 is 5.73 Å². The normalized spacial score (nSPS) is 20.1. The fourth-order valence-electron chi connectivity index (χ4n) is 2.00. The molecule has 1 fully saturated rings. The van der Waals surface area contributed by atoms with Gasteiger partial charge in [-0.2, -0.15) is 0 Å². The highest BCUT2D eigenvalue weighted by Gasteiger charge is 2.35.